The molecule has 1 aliphatic carbocycles. The van der Waals surface area contributed by atoms with Crippen LogP contribution in [0.4, 0.5) is 0 Å². The highest BCUT2D eigenvalue weighted by Gasteiger charge is 2.21. The second kappa shape index (κ2) is 4.08. The third-order valence-corrected chi connectivity index (χ3v) is 3.20. The molecule has 18 heavy (non-hydrogen) atoms. The van der Waals surface area contributed by atoms with Crippen LogP contribution in [0.5, 0.6) is 0 Å². The molecule has 2 aromatic rings. The van der Waals surface area contributed by atoms with E-state index in [2.05, 4.69) is 24.3 Å². The number of allylic oxidation sites excluding steroid dienone is 1. The molecule has 2 heteroatoms. The van der Waals surface area contributed by atoms with Crippen molar-refractivity contribution in [1.82, 2.24) is 0 Å². The average Bonchev–Trinajstić information content (AvgIpc) is 2.66. The zero-order chi connectivity index (χ0) is 12.5. The van der Waals surface area contributed by atoms with Gasteiger partial charge in [0.25, 0.3) is 0 Å². The molecule has 0 unspecified atom stereocenters. The SMILES string of the molecule is NC1=C(N)c2ccccc2C1=Cc1ccccc1. The van der Waals surface area contributed by atoms with Crippen LogP contribution in [0.25, 0.3) is 17.3 Å². The third-order valence-electron chi connectivity index (χ3n) is 3.20. The van der Waals surface area contributed by atoms with Crippen molar-refractivity contribution in [3.63, 3.8) is 0 Å². The number of fused-ring (bicyclic) bond motifs is 1. The summed E-state index contributed by atoms with van der Waals surface area (Å²) >= 11 is 0. The third kappa shape index (κ3) is 1.59. The van der Waals surface area contributed by atoms with Crippen molar-refractivity contribution < 1.29 is 0 Å². The predicted molar refractivity (Wildman–Crippen MR) is 76.0 cm³/mol. The largest absolute Gasteiger partial charge is 0.397 e. The van der Waals surface area contributed by atoms with E-state index in [0.717, 1.165) is 22.3 Å². The van der Waals surface area contributed by atoms with Crippen molar-refractivity contribution in [2.75, 3.05) is 0 Å². The van der Waals surface area contributed by atoms with Crippen LogP contribution in [-0.2, 0) is 0 Å². The van der Waals surface area contributed by atoms with Crippen LogP contribution in [0, 0.1) is 0 Å². The van der Waals surface area contributed by atoms with E-state index in [1.165, 1.54) is 0 Å². The topological polar surface area (TPSA) is 52.0 Å². The summed E-state index contributed by atoms with van der Waals surface area (Å²) in [4.78, 5) is 0. The van der Waals surface area contributed by atoms with E-state index in [1.54, 1.807) is 0 Å². The van der Waals surface area contributed by atoms with Gasteiger partial charge in [0.05, 0.1) is 11.4 Å². The zero-order valence-corrected chi connectivity index (χ0v) is 9.93. The monoisotopic (exact) mass is 234 g/mol. The molecule has 0 radical (unpaired) electrons. The summed E-state index contributed by atoms with van der Waals surface area (Å²) in [5, 5.41) is 0. The fourth-order valence-corrected chi connectivity index (χ4v) is 2.26. The first-order valence-corrected chi connectivity index (χ1v) is 5.89. The highest BCUT2D eigenvalue weighted by Crippen LogP contribution is 2.37. The number of hydrogen-bond donors (Lipinski definition) is 2. The van der Waals surface area contributed by atoms with E-state index in [1.807, 2.05) is 36.4 Å². The van der Waals surface area contributed by atoms with Crippen LogP contribution in [-0.4, -0.2) is 0 Å². The molecule has 0 spiro atoms. The molecular weight excluding hydrogens is 220 g/mol. The Morgan fingerprint density at radius 1 is 0.667 bits per heavy atom. The number of nitrogens with two attached hydrogens (primary N) is 2. The van der Waals surface area contributed by atoms with Gasteiger partial charge in [-0.3, -0.25) is 0 Å². The molecular formula is C16H14N2. The zero-order valence-electron chi connectivity index (χ0n) is 9.93. The minimum atomic E-state index is 0.667. The first-order chi connectivity index (χ1) is 8.77. The highest BCUT2D eigenvalue weighted by atomic mass is 14.7. The molecule has 88 valence electrons. The van der Waals surface area contributed by atoms with Gasteiger partial charge in [0, 0.05) is 11.1 Å². The van der Waals surface area contributed by atoms with Crippen LogP contribution >= 0.6 is 0 Å². The lowest BCUT2D eigenvalue weighted by molar-refractivity contribution is 1.44. The lowest BCUT2D eigenvalue weighted by Gasteiger charge is -2.03. The predicted octanol–water partition coefficient (Wildman–Crippen LogP) is 2.83. The summed E-state index contributed by atoms with van der Waals surface area (Å²) in [6, 6.07) is 18.2. The highest BCUT2D eigenvalue weighted by molar-refractivity contribution is 6.04. The summed E-state index contributed by atoms with van der Waals surface area (Å²) in [6.45, 7) is 0. The van der Waals surface area contributed by atoms with Crippen molar-refractivity contribution >= 4 is 17.3 Å². The molecule has 0 heterocycles. The van der Waals surface area contributed by atoms with Crippen LogP contribution in [0.15, 0.2) is 60.3 Å². The Morgan fingerprint density at radius 3 is 2.00 bits per heavy atom. The molecule has 0 aliphatic heterocycles. The Bertz CT molecular complexity index is 652. The maximum Gasteiger partial charge on any atom is 0.0634 e. The van der Waals surface area contributed by atoms with E-state index in [0.29, 0.717) is 11.4 Å². The van der Waals surface area contributed by atoms with E-state index in [9.17, 15) is 0 Å². The first-order valence-electron chi connectivity index (χ1n) is 5.89. The normalized spacial score (nSPS) is 16.1. The summed E-state index contributed by atoms with van der Waals surface area (Å²) in [5.74, 6) is 0. The van der Waals surface area contributed by atoms with Crippen molar-refractivity contribution in [3.8, 4) is 0 Å². The fourth-order valence-electron chi connectivity index (χ4n) is 2.26. The lowest BCUT2D eigenvalue weighted by Crippen LogP contribution is -2.03. The van der Waals surface area contributed by atoms with Gasteiger partial charge in [-0.15, -0.1) is 0 Å². The summed E-state index contributed by atoms with van der Waals surface area (Å²) in [5.41, 5.74) is 17.8. The number of benzene rings is 2. The Hall–Kier alpha value is -2.48. The standard InChI is InChI=1S/C16H14N2/c17-15-13-9-5-4-8-12(13)14(16(15)18)10-11-6-2-1-3-7-11/h1-10H,17-18H2. The van der Waals surface area contributed by atoms with Crippen molar-refractivity contribution in [2.45, 2.75) is 0 Å². The minimum absolute atomic E-state index is 0.667. The Morgan fingerprint density at radius 2 is 1.28 bits per heavy atom. The molecule has 2 aromatic carbocycles. The molecule has 2 nitrogen and oxygen atoms in total. The fraction of sp³-hybridized carbons (Fsp3) is 0. The van der Waals surface area contributed by atoms with E-state index in [4.69, 9.17) is 11.5 Å². The molecule has 0 aromatic heterocycles. The molecule has 0 fully saturated rings. The Balaban J connectivity index is 2.17. The van der Waals surface area contributed by atoms with Gasteiger partial charge in [-0.25, -0.2) is 0 Å². The van der Waals surface area contributed by atoms with E-state index >= 15 is 0 Å². The Kier molecular flexibility index (Phi) is 2.41. The van der Waals surface area contributed by atoms with Crippen molar-refractivity contribution in [1.29, 1.82) is 0 Å². The maximum absolute atomic E-state index is 6.11. The second-order valence-corrected chi connectivity index (χ2v) is 4.34. The quantitative estimate of drug-likeness (QED) is 0.797. The number of rotatable bonds is 1. The molecule has 3 rings (SSSR count). The molecule has 4 N–H and O–H groups in total. The van der Waals surface area contributed by atoms with Gasteiger partial charge < -0.3 is 11.5 Å². The minimum Gasteiger partial charge on any atom is -0.397 e. The van der Waals surface area contributed by atoms with E-state index < -0.39 is 0 Å². The van der Waals surface area contributed by atoms with Gasteiger partial charge in [0.2, 0.25) is 0 Å². The summed E-state index contributed by atoms with van der Waals surface area (Å²) in [6.07, 6.45) is 2.08. The van der Waals surface area contributed by atoms with Crippen molar-refractivity contribution in [2.24, 2.45) is 11.5 Å². The lowest BCUT2D eigenvalue weighted by atomic mass is 10.0. The van der Waals surface area contributed by atoms with Crippen LogP contribution in [0.2, 0.25) is 0 Å². The summed E-state index contributed by atoms with van der Waals surface area (Å²) in [7, 11) is 0. The van der Waals surface area contributed by atoms with Crippen LogP contribution < -0.4 is 11.5 Å². The number of hydrogen-bond acceptors (Lipinski definition) is 2. The van der Waals surface area contributed by atoms with Gasteiger partial charge in [-0.2, -0.15) is 0 Å². The van der Waals surface area contributed by atoms with Crippen LogP contribution in [0.3, 0.4) is 0 Å². The molecule has 1 aliphatic rings. The maximum atomic E-state index is 6.11. The Labute approximate surface area is 106 Å². The van der Waals surface area contributed by atoms with Gasteiger partial charge >= 0.3 is 0 Å². The molecule has 0 amide bonds. The van der Waals surface area contributed by atoms with Crippen LogP contribution in [0.1, 0.15) is 16.7 Å². The molecule has 0 bridgehead atoms. The van der Waals surface area contributed by atoms with Gasteiger partial charge in [-0.1, -0.05) is 54.6 Å². The van der Waals surface area contributed by atoms with E-state index in [-0.39, 0.29) is 0 Å². The average molecular weight is 234 g/mol. The van der Waals surface area contributed by atoms with Gasteiger partial charge in [0.15, 0.2) is 0 Å². The smallest absolute Gasteiger partial charge is 0.0634 e. The molecule has 0 saturated carbocycles. The second-order valence-electron chi connectivity index (χ2n) is 4.34. The first kappa shape index (κ1) is 10.7. The molecule has 0 atom stereocenters. The van der Waals surface area contributed by atoms with Gasteiger partial charge in [0.1, 0.15) is 0 Å². The van der Waals surface area contributed by atoms with Gasteiger partial charge in [-0.05, 0) is 17.2 Å². The summed E-state index contributed by atoms with van der Waals surface area (Å²) < 4.78 is 0. The van der Waals surface area contributed by atoms with Crippen molar-refractivity contribution in [3.05, 3.63) is 77.0 Å². The molecule has 0 saturated heterocycles.